The summed E-state index contributed by atoms with van der Waals surface area (Å²) in [7, 11) is -2.60. The van der Waals surface area contributed by atoms with Gasteiger partial charge in [0.25, 0.3) is 15.9 Å². The molecule has 10 heteroatoms. The molecule has 172 valence electrons. The number of carbonyl (C=O) groups excluding carboxylic acids is 1. The van der Waals surface area contributed by atoms with E-state index in [9.17, 15) is 13.2 Å². The Hall–Kier alpha value is -2.33. The van der Waals surface area contributed by atoms with Gasteiger partial charge in [-0.2, -0.15) is 0 Å². The quantitative estimate of drug-likeness (QED) is 0.681. The number of anilines is 1. The highest BCUT2D eigenvalue weighted by Gasteiger charge is 2.32. The second-order valence-corrected chi connectivity index (χ2v) is 9.75. The van der Waals surface area contributed by atoms with Gasteiger partial charge in [-0.15, -0.1) is 0 Å². The summed E-state index contributed by atoms with van der Waals surface area (Å²) in [6.45, 7) is 2.32. The zero-order chi connectivity index (χ0) is 22.7. The van der Waals surface area contributed by atoms with Gasteiger partial charge in [0.15, 0.2) is 6.29 Å². The van der Waals surface area contributed by atoms with Crippen molar-refractivity contribution < 1.29 is 27.4 Å². The molecule has 2 heterocycles. The first-order valence-electron chi connectivity index (χ1n) is 10.4. The molecule has 0 aliphatic carbocycles. The minimum Gasteiger partial charge on any atom is -0.495 e. The van der Waals surface area contributed by atoms with E-state index in [2.05, 4.69) is 4.72 Å². The van der Waals surface area contributed by atoms with E-state index in [1.54, 1.807) is 35.2 Å². The van der Waals surface area contributed by atoms with E-state index >= 15 is 0 Å². The highest BCUT2D eigenvalue weighted by molar-refractivity contribution is 7.92. The number of hydrogen-bond acceptors (Lipinski definition) is 6. The van der Waals surface area contributed by atoms with Crippen LogP contribution >= 0.6 is 11.6 Å². The van der Waals surface area contributed by atoms with Crippen LogP contribution in [-0.4, -0.2) is 58.9 Å². The molecule has 2 aliphatic heterocycles. The molecule has 4 rings (SSSR count). The average Bonchev–Trinajstić information content (AvgIpc) is 3.34. The summed E-state index contributed by atoms with van der Waals surface area (Å²) >= 11 is 6.20. The van der Waals surface area contributed by atoms with Crippen molar-refractivity contribution in [1.29, 1.82) is 0 Å². The fourth-order valence-electron chi connectivity index (χ4n) is 3.98. The maximum atomic E-state index is 13.1. The van der Waals surface area contributed by atoms with E-state index in [1.807, 2.05) is 0 Å². The Bertz CT molecular complexity index is 1080. The lowest BCUT2D eigenvalue weighted by Gasteiger charge is -2.34. The Balaban J connectivity index is 1.50. The van der Waals surface area contributed by atoms with Crippen LogP contribution in [0, 0.1) is 5.92 Å². The Morgan fingerprint density at radius 1 is 1.12 bits per heavy atom. The number of carbonyl (C=O) groups is 1. The van der Waals surface area contributed by atoms with Gasteiger partial charge in [0.2, 0.25) is 0 Å². The first-order valence-corrected chi connectivity index (χ1v) is 12.2. The van der Waals surface area contributed by atoms with Crippen LogP contribution in [0.15, 0.2) is 47.4 Å². The van der Waals surface area contributed by atoms with Gasteiger partial charge in [-0.25, -0.2) is 8.42 Å². The lowest BCUT2D eigenvalue weighted by Crippen LogP contribution is -2.41. The summed E-state index contributed by atoms with van der Waals surface area (Å²) in [4.78, 5) is 14.6. The number of sulfonamides is 1. The third-order valence-corrected chi connectivity index (χ3v) is 7.53. The number of hydrogen-bond donors (Lipinski definition) is 1. The van der Waals surface area contributed by atoms with Crippen LogP contribution in [0.25, 0.3) is 0 Å². The topological polar surface area (TPSA) is 94.2 Å². The Kier molecular flexibility index (Phi) is 6.90. The van der Waals surface area contributed by atoms with Gasteiger partial charge in [0.05, 0.1) is 31.0 Å². The fraction of sp³-hybridized carbons (Fsp3) is 0.409. The van der Waals surface area contributed by atoms with Gasteiger partial charge < -0.3 is 19.1 Å². The molecule has 0 unspecified atom stereocenters. The molecule has 0 aromatic heterocycles. The summed E-state index contributed by atoms with van der Waals surface area (Å²) in [5.41, 5.74) is 0.544. The maximum absolute atomic E-state index is 13.1. The Labute approximate surface area is 192 Å². The molecule has 8 nitrogen and oxygen atoms in total. The van der Waals surface area contributed by atoms with Gasteiger partial charge in [-0.3, -0.25) is 9.52 Å². The molecule has 1 N–H and O–H groups in total. The summed E-state index contributed by atoms with van der Waals surface area (Å²) < 4.78 is 44.9. The number of rotatable bonds is 6. The SMILES string of the molecule is COc1ccccc1NS(=O)(=O)c1cc(C(=O)N2CCC(C3OCCO3)CC2)ccc1Cl. The predicted octanol–water partition coefficient (Wildman–Crippen LogP) is 3.37. The summed E-state index contributed by atoms with van der Waals surface area (Å²) in [5, 5.41) is 0.0261. The van der Waals surface area contributed by atoms with Gasteiger partial charge in [-0.1, -0.05) is 23.7 Å². The van der Waals surface area contributed by atoms with Crippen LogP contribution in [-0.2, 0) is 19.5 Å². The van der Waals surface area contributed by atoms with E-state index in [0.29, 0.717) is 32.1 Å². The van der Waals surface area contributed by atoms with E-state index in [1.165, 1.54) is 19.2 Å². The molecule has 2 aliphatic rings. The second kappa shape index (κ2) is 9.66. The molecule has 2 fully saturated rings. The summed E-state index contributed by atoms with van der Waals surface area (Å²) in [5.74, 6) is 0.396. The monoisotopic (exact) mass is 480 g/mol. The largest absolute Gasteiger partial charge is 0.495 e. The number of nitrogens with zero attached hydrogens (tertiary/aromatic N) is 1. The van der Waals surface area contributed by atoms with Crippen molar-refractivity contribution in [3.05, 3.63) is 53.1 Å². The van der Waals surface area contributed by atoms with E-state index in [4.69, 9.17) is 25.8 Å². The molecule has 0 atom stereocenters. The molecule has 0 radical (unpaired) electrons. The number of benzene rings is 2. The summed E-state index contributed by atoms with van der Waals surface area (Å²) in [6, 6.07) is 10.9. The first kappa shape index (κ1) is 22.8. The highest BCUT2D eigenvalue weighted by Crippen LogP contribution is 2.31. The first-order chi connectivity index (χ1) is 15.4. The number of methoxy groups -OCH3 is 1. The van der Waals surface area contributed by atoms with Crippen molar-refractivity contribution in [1.82, 2.24) is 4.90 Å². The van der Waals surface area contributed by atoms with Crippen LogP contribution in [0.1, 0.15) is 23.2 Å². The van der Waals surface area contributed by atoms with Crippen molar-refractivity contribution in [2.75, 3.05) is 38.1 Å². The molecule has 1 amide bonds. The molecule has 32 heavy (non-hydrogen) atoms. The van der Waals surface area contributed by atoms with Gasteiger partial charge >= 0.3 is 0 Å². The van der Waals surface area contributed by atoms with Gasteiger partial charge in [0, 0.05) is 24.6 Å². The molecule has 0 spiro atoms. The van der Waals surface area contributed by atoms with Crippen molar-refractivity contribution in [3.63, 3.8) is 0 Å². The predicted molar refractivity (Wildman–Crippen MR) is 120 cm³/mol. The number of para-hydroxylation sites is 2. The van der Waals surface area contributed by atoms with E-state index in [0.717, 1.165) is 12.8 Å². The van der Waals surface area contributed by atoms with Crippen molar-refractivity contribution in [2.24, 2.45) is 5.92 Å². The number of nitrogens with one attached hydrogen (secondary N) is 1. The third-order valence-electron chi connectivity index (χ3n) is 5.68. The van der Waals surface area contributed by atoms with Gasteiger partial charge in [-0.05, 0) is 43.2 Å². The maximum Gasteiger partial charge on any atom is 0.263 e. The van der Waals surface area contributed by atoms with Crippen LogP contribution in [0.4, 0.5) is 5.69 Å². The average molecular weight is 481 g/mol. The number of amides is 1. The zero-order valence-electron chi connectivity index (χ0n) is 17.6. The summed E-state index contributed by atoms with van der Waals surface area (Å²) in [6.07, 6.45) is 1.34. The molecular formula is C22H25ClN2O6S. The molecule has 2 saturated heterocycles. The number of ether oxygens (including phenoxy) is 3. The van der Waals surface area contributed by atoms with E-state index in [-0.39, 0.29) is 39.3 Å². The Morgan fingerprint density at radius 2 is 1.81 bits per heavy atom. The number of likely N-dealkylation sites (tertiary alicyclic amines) is 1. The van der Waals surface area contributed by atoms with Crippen LogP contribution < -0.4 is 9.46 Å². The molecular weight excluding hydrogens is 456 g/mol. The fourth-order valence-corrected chi connectivity index (χ4v) is 5.57. The highest BCUT2D eigenvalue weighted by atomic mass is 35.5. The van der Waals surface area contributed by atoms with Gasteiger partial charge in [0.1, 0.15) is 10.6 Å². The number of halogens is 1. The minimum atomic E-state index is -4.05. The van der Waals surface area contributed by atoms with Crippen LogP contribution in [0.3, 0.4) is 0 Å². The van der Waals surface area contributed by atoms with Crippen LogP contribution in [0.5, 0.6) is 5.75 Å². The molecule has 2 aromatic rings. The van der Waals surface area contributed by atoms with Crippen molar-refractivity contribution >= 4 is 33.2 Å². The smallest absolute Gasteiger partial charge is 0.263 e. The molecule has 2 aromatic carbocycles. The van der Waals surface area contributed by atoms with Crippen LogP contribution in [0.2, 0.25) is 5.02 Å². The Morgan fingerprint density at radius 3 is 2.50 bits per heavy atom. The third kappa shape index (κ3) is 4.85. The molecule has 0 bridgehead atoms. The van der Waals surface area contributed by atoms with Crippen molar-refractivity contribution in [2.45, 2.75) is 24.0 Å². The lowest BCUT2D eigenvalue weighted by atomic mass is 9.95. The van der Waals surface area contributed by atoms with E-state index < -0.39 is 10.0 Å². The van der Waals surface area contributed by atoms with Crippen molar-refractivity contribution in [3.8, 4) is 5.75 Å². The minimum absolute atomic E-state index is 0.0261. The zero-order valence-corrected chi connectivity index (χ0v) is 19.2. The number of piperidine rings is 1. The normalized spacial score (nSPS) is 18.0. The second-order valence-electron chi connectivity index (χ2n) is 7.69. The molecule has 0 saturated carbocycles. The standard InChI is InChI=1S/C22H25ClN2O6S/c1-29-19-5-3-2-4-18(19)24-32(27,28)20-14-16(6-7-17(20)23)21(26)25-10-8-15(9-11-25)22-30-12-13-31-22/h2-7,14-15,22,24H,8-13H2,1H3. The lowest BCUT2D eigenvalue weighted by molar-refractivity contribution is -0.0956.